The first-order valence-corrected chi connectivity index (χ1v) is 5.26. The molecule has 0 saturated heterocycles. The van der Waals surface area contributed by atoms with Crippen LogP contribution in [0.5, 0.6) is 0 Å². The summed E-state index contributed by atoms with van der Waals surface area (Å²) in [6.07, 6.45) is 0. The lowest BCUT2D eigenvalue weighted by Gasteiger charge is -1.99. The highest BCUT2D eigenvalue weighted by atomic mass is 16.5. The molecule has 1 aromatic carbocycles. The number of ether oxygens (including phenoxy) is 1. The van der Waals surface area contributed by atoms with Gasteiger partial charge in [-0.1, -0.05) is 6.07 Å². The third-order valence-electron chi connectivity index (χ3n) is 2.76. The van der Waals surface area contributed by atoms with Crippen LogP contribution in [0.4, 0.5) is 0 Å². The van der Waals surface area contributed by atoms with E-state index in [1.165, 1.54) is 14.0 Å². The highest BCUT2D eigenvalue weighted by molar-refractivity contribution is 6.09. The first kappa shape index (κ1) is 11.4. The van der Waals surface area contributed by atoms with Gasteiger partial charge in [0.2, 0.25) is 0 Å². The first-order chi connectivity index (χ1) is 8.04. The molecule has 0 unspecified atom stereocenters. The van der Waals surface area contributed by atoms with Gasteiger partial charge in [-0.25, -0.2) is 4.79 Å². The third kappa shape index (κ3) is 1.82. The molecule has 4 heteroatoms. The number of aryl methyl sites for hydroxylation is 1. The minimum Gasteiger partial charge on any atom is -0.465 e. The lowest BCUT2D eigenvalue weighted by Crippen LogP contribution is -2.00. The van der Waals surface area contributed by atoms with Gasteiger partial charge < -0.3 is 9.72 Å². The Balaban J connectivity index is 2.65. The van der Waals surface area contributed by atoms with Crippen molar-refractivity contribution >= 4 is 22.7 Å². The van der Waals surface area contributed by atoms with Crippen LogP contribution in [0.2, 0.25) is 0 Å². The van der Waals surface area contributed by atoms with Crippen molar-refractivity contribution in [3.05, 3.63) is 35.0 Å². The largest absolute Gasteiger partial charge is 0.465 e. The van der Waals surface area contributed by atoms with E-state index in [-0.39, 0.29) is 11.8 Å². The maximum atomic E-state index is 11.5. The van der Waals surface area contributed by atoms with Crippen LogP contribution in [0.3, 0.4) is 0 Å². The minimum absolute atomic E-state index is 0.0135. The van der Waals surface area contributed by atoms with Crippen molar-refractivity contribution in [3.63, 3.8) is 0 Å². The second-order valence-corrected chi connectivity index (χ2v) is 3.93. The minimum atomic E-state index is -0.386. The fourth-order valence-electron chi connectivity index (χ4n) is 2.03. The van der Waals surface area contributed by atoms with Crippen LogP contribution in [-0.2, 0) is 4.74 Å². The lowest BCUT2D eigenvalue weighted by atomic mass is 10.1. The molecule has 1 aromatic heterocycles. The Morgan fingerprint density at radius 2 is 2.00 bits per heavy atom. The molecule has 0 bridgehead atoms. The number of methoxy groups -OCH3 is 1. The second-order valence-electron chi connectivity index (χ2n) is 3.93. The molecule has 17 heavy (non-hydrogen) atoms. The van der Waals surface area contributed by atoms with Gasteiger partial charge >= 0.3 is 5.97 Å². The molecule has 88 valence electrons. The lowest BCUT2D eigenvalue weighted by molar-refractivity contribution is 0.0600. The van der Waals surface area contributed by atoms with Gasteiger partial charge in [-0.15, -0.1) is 0 Å². The standard InChI is InChI=1S/C13H13NO3/c1-7-12(8(2)15)10-5-4-9(13(16)17-3)6-11(10)14-7/h4-6,14H,1-3H3. The number of nitrogens with one attached hydrogen (secondary N) is 1. The van der Waals surface area contributed by atoms with Crippen LogP contribution >= 0.6 is 0 Å². The molecule has 0 saturated carbocycles. The predicted molar refractivity (Wildman–Crippen MR) is 64.4 cm³/mol. The van der Waals surface area contributed by atoms with Crippen molar-refractivity contribution < 1.29 is 14.3 Å². The number of fused-ring (bicyclic) bond motifs is 1. The number of hydrogen-bond donors (Lipinski definition) is 1. The summed E-state index contributed by atoms with van der Waals surface area (Å²) in [5.41, 5.74) is 2.73. The van der Waals surface area contributed by atoms with E-state index in [1.807, 2.05) is 6.92 Å². The summed E-state index contributed by atoms with van der Waals surface area (Å²) in [6.45, 7) is 3.37. The van der Waals surface area contributed by atoms with Crippen LogP contribution < -0.4 is 0 Å². The number of aromatic nitrogens is 1. The summed E-state index contributed by atoms with van der Waals surface area (Å²) >= 11 is 0. The monoisotopic (exact) mass is 231 g/mol. The number of H-pyrrole nitrogens is 1. The molecule has 2 aromatic rings. The van der Waals surface area contributed by atoms with E-state index in [1.54, 1.807) is 18.2 Å². The average molecular weight is 231 g/mol. The number of aromatic amines is 1. The zero-order chi connectivity index (χ0) is 12.6. The maximum Gasteiger partial charge on any atom is 0.337 e. The molecule has 1 N–H and O–H groups in total. The van der Waals surface area contributed by atoms with E-state index in [0.717, 1.165) is 16.6 Å². The van der Waals surface area contributed by atoms with Crippen LogP contribution in [0.25, 0.3) is 10.9 Å². The van der Waals surface area contributed by atoms with Gasteiger partial charge in [-0.3, -0.25) is 4.79 Å². The van der Waals surface area contributed by atoms with Crippen molar-refractivity contribution in [1.82, 2.24) is 4.98 Å². The molecule has 0 fully saturated rings. The molecule has 0 radical (unpaired) electrons. The summed E-state index contributed by atoms with van der Waals surface area (Å²) in [4.78, 5) is 26.0. The Morgan fingerprint density at radius 3 is 2.59 bits per heavy atom. The summed E-state index contributed by atoms with van der Waals surface area (Å²) in [7, 11) is 1.34. The topological polar surface area (TPSA) is 59.2 Å². The molecule has 0 aliphatic heterocycles. The zero-order valence-corrected chi connectivity index (χ0v) is 9.96. The van der Waals surface area contributed by atoms with Crippen molar-refractivity contribution in [2.45, 2.75) is 13.8 Å². The number of hydrogen-bond acceptors (Lipinski definition) is 3. The maximum absolute atomic E-state index is 11.5. The molecule has 0 spiro atoms. The molecule has 0 atom stereocenters. The number of ketones is 1. The fraction of sp³-hybridized carbons (Fsp3) is 0.231. The molecular weight excluding hydrogens is 218 g/mol. The fourth-order valence-corrected chi connectivity index (χ4v) is 2.03. The number of benzene rings is 1. The smallest absolute Gasteiger partial charge is 0.337 e. The van der Waals surface area contributed by atoms with Crippen molar-refractivity contribution in [1.29, 1.82) is 0 Å². The summed E-state index contributed by atoms with van der Waals surface area (Å²) < 4.78 is 4.65. The molecule has 2 rings (SSSR count). The van der Waals surface area contributed by atoms with Crippen LogP contribution in [0.15, 0.2) is 18.2 Å². The average Bonchev–Trinajstić information content (AvgIpc) is 2.62. The van der Waals surface area contributed by atoms with Crippen molar-refractivity contribution in [2.75, 3.05) is 7.11 Å². The highest BCUT2D eigenvalue weighted by Gasteiger charge is 2.14. The van der Waals surface area contributed by atoms with Gasteiger partial charge in [-0.2, -0.15) is 0 Å². The van der Waals surface area contributed by atoms with E-state index >= 15 is 0 Å². The predicted octanol–water partition coefficient (Wildman–Crippen LogP) is 2.47. The summed E-state index contributed by atoms with van der Waals surface area (Å²) in [6, 6.07) is 5.12. The quantitative estimate of drug-likeness (QED) is 0.638. The van der Waals surface area contributed by atoms with Gasteiger partial charge in [0.25, 0.3) is 0 Å². The van der Waals surface area contributed by atoms with E-state index in [2.05, 4.69) is 9.72 Å². The Labute approximate surface area is 98.6 Å². The van der Waals surface area contributed by atoms with Gasteiger partial charge in [0, 0.05) is 22.2 Å². The van der Waals surface area contributed by atoms with Crippen molar-refractivity contribution in [3.8, 4) is 0 Å². The molecule has 4 nitrogen and oxygen atoms in total. The normalized spacial score (nSPS) is 10.5. The number of carbonyl (C=O) groups is 2. The highest BCUT2D eigenvalue weighted by Crippen LogP contribution is 2.23. The van der Waals surface area contributed by atoms with Gasteiger partial charge in [0.1, 0.15) is 0 Å². The van der Waals surface area contributed by atoms with Crippen LogP contribution in [0.1, 0.15) is 33.3 Å². The number of esters is 1. The first-order valence-electron chi connectivity index (χ1n) is 5.26. The summed E-state index contributed by atoms with van der Waals surface area (Å²) in [5, 5.41) is 0.836. The number of Topliss-reactive ketones (excluding diaryl/α,β-unsaturated/α-hetero) is 1. The van der Waals surface area contributed by atoms with E-state index < -0.39 is 0 Å². The molecular formula is C13H13NO3. The zero-order valence-electron chi connectivity index (χ0n) is 9.96. The molecule has 0 aliphatic carbocycles. The Morgan fingerprint density at radius 1 is 1.29 bits per heavy atom. The Kier molecular flexibility index (Phi) is 2.71. The van der Waals surface area contributed by atoms with Gasteiger partial charge in [-0.05, 0) is 26.0 Å². The van der Waals surface area contributed by atoms with Gasteiger partial charge in [0.15, 0.2) is 5.78 Å². The molecule has 0 aliphatic rings. The van der Waals surface area contributed by atoms with Crippen LogP contribution in [-0.4, -0.2) is 23.8 Å². The van der Waals surface area contributed by atoms with Crippen molar-refractivity contribution in [2.24, 2.45) is 0 Å². The molecule has 1 heterocycles. The number of rotatable bonds is 2. The third-order valence-corrected chi connectivity index (χ3v) is 2.76. The van der Waals surface area contributed by atoms with Gasteiger partial charge in [0.05, 0.1) is 12.7 Å². The number of carbonyl (C=O) groups excluding carboxylic acids is 2. The molecule has 0 amide bonds. The Hall–Kier alpha value is -2.10. The SMILES string of the molecule is COC(=O)c1ccc2c(C(C)=O)c(C)[nH]c2c1. The van der Waals surface area contributed by atoms with E-state index in [9.17, 15) is 9.59 Å². The van der Waals surface area contributed by atoms with Crippen LogP contribution in [0, 0.1) is 6.92 Å². The van der Waals surface area contributed by atoms with E-state index in [4.69, 9.17) is 0 Å². The second kappa shape index (κ2) is 4.05. The Bertz CT molecular complexity index is 610. The van der Waals surface area contributed by atoms with E-state index in [0.29, 0.717) is 11.1 Å². The summed E-state index contributed by atoms with van der Waals surface area (Å²) in [5.74, 6) is -0.372.